The molecule has 3 nitrogen and oxygen atoms in total. The SMILES string of the molecule is Cc1cccc2onc(NCCCCC(C)C)c12. The number of hydrogen-bond acceptors (Lipinski definition) is 3. The van der Waals surface area contributed by atoms with Crippen LogP contribution in [0, 0.1) is 12.8 Å². The minimum absolute atomic E-state index is 0.792. The lowest BCUT2D eigenvalue weighted by molar-refractivity contribution is 0.459. The highest BCUT2D eigenvalue weighted by molar-refractivity contribution is 5.90. The summed E-state index contributed by atoms with van der Waals surface area (Å²) in [4.78, 5) is 0. The normalized spacial score (nSPS) is 11.3. The van der Waals surface area contributed by atoms with E-state index in [0.717, 1.165) is 29.2 Å². The molecule has 3 heteroatoms. The van der Waals surface area contributed by atoms with E-state index in [9.17, 15) is 0 Å². The summed E-state index contributed by atoms with van der Waals surface area (Å²) in [5.74, 6) is 1.67. The molecule has 2 rings (SSSR count). The first-order chi connectivity index (χ1) is 8.68. The molecule has 2 aromatic rings. The molecular formula is C15H22N2O. The van der Waals surface area contributed by atoms with Gasteiger partial charge in [-0.1, -0.05) is 44.0 Å². The molecular weight excluding hydrogens is 224 g/mol. The molecule has 0 saturated carbocycles. The number of nitrogens with one attached hydrogen (secondary N) is 1. The molecule has 1 heterocycles. The van der Waals surface area contributed by atoms with Gasteiger partial charge in [-0.2, -0.15) is 0 Å². The van der Waals surface area contributed by atoms with Crippen LogP contribution < -0.4 is 5.32 Å². The second-order valence-electron chi connectivity index (χ2n) is 5.30. The first-order valence-electron chi connectivity index (χ1n) is 6.77. The Morgan fingerprint density at radius 1 is 1.28 bits per heavy atom. The summed E-state index contributed by atoms with van der Waals surface area (Å²) in [6.07, 6.45) is 3.73. The lowest BCUT2D eigenvalue weighted by Gasteiger charge is -2.05. The fourth-order valence-electron chi connectivity index (χ4n) is 2.17. The van der Waals surface area contributed by atoms with Gasteiger partial charge in [0.1, 0.15) is 0 Å². The topological polar surface area (TPSA) is 38.1 Å². The molecule has 1 N–H and O–H groups in total. The minimum Gasteiger partial charge on any atom is -0.367 e. The van der Waals surface area contributed by atoms with Crippen LogP contribution in [-0.2, 0) is 0 Å². The maximum absolute atomic E-state index is 5.31. The number of benzene rings is 1. The molecule has 0 fully saturated rings. The largest absolute Gasteiger partial charge is 0.367 e. The van der Waals surface area contributed by atoms with Gasteiger partial charge in [-0.25, -0.2) is 0 Å². The van der Waals surface area contributed by atoms with Crippen molar-refractivity contribution in [3.05, 3.63) is 23.8 Å². The van der Waals surface area contributed by atoms with Crippen LogP contribution in [0.5, 0.6) is 0 Å². The monoisotopic (exact) mass is 246 g/mol. The first-order valence-corrected chi connectivity index (χ1v) is 6.77. The highest BCUT2D eigenvalue weighted by Crippen LogP contribution is 2.25. The van der Waals surface area contributed by atoms with Crippen LogP contribution in [0.3, 0.4) is 0 Å². The number of unbranched alkanes of at least 4 members (excludes halogenated alkanes) is 1. The van der Waals surface area contributed by atoms with Crippen LogP contribution in [0.2, 0.25) is 0 Å². The average molecular weight is 246 g/mol. The van der Waals surface area contributed by atoms with Gasteiger partial charge in [0, 0.05) is 6.54 Å². The third kappa shape index (κ3) is 3.03. The van der Waals surface area contributed by atoms with Crippen molar-refractivity contribution in [2.24, 2.45) is 5.92 Å². The molecule has 1 aromatic heterocycles. The van der Waals surface area contributed by atoms with Gasteiger partial charge in [-0.15, -0.1) is 0 Å². The van der Waals surface area contributed by atoms with Gasteiger partial charge in [-0.3, -0.25) is 0 Å². The lowest BCUT2D eigenvalue weighted by atomic mass is 10.1. The van der Waals surface area contributed by atoms with E-state index in [2.05, 4.69) is 37.3 Å². The molecule has 18 heavy (non-hydrogen) atoms. The summed E-state index contributed by atoms with van der Waals surface area (Å²) in [7, 11) is 0. The van der Waals surface area contributed by atoms with Crippen molar-refractivity contribution in [3.63, 3.8) is 0 Å². The summed E-state index contributed by atoms with van der Waals surface area (Å²) in [5, 5.41) is 8.59. The van der Waals surface area contributed by atoms with E-state index < -0.39 is 0 Å². The third-order valence-electron chi connectivity index (χ3n) is 3.21. The molecule has 0 aliphatic heterocycles. The van der Waals surface area contributed by atoms with E-state index in [1.54, 1.807) is 0 Å². The number of anilines is 1. The molecule has 98 valence electrons. The zero-order valence-corrected chi connectivity index (χ0v) is 11.5. The fourth-order valence-corrected chi connectivity index (χ4v) is 2.17. The molecule has 0 spiro atoms. The Labute approximate surface area is 109 Å². The molecule has 0 amide bonds. The van der Waals surface area contributed by atoms with Crippen molar-refractivity contribution in [2.45, 2.75) is 40.0 Å². The van der Waals surface area contributed by atoms with Gasteiger partial charge in [-0.05, 0) is 30.9 Å². The van der Waals surface area contributed by atoms with Crippen LogP contribution in [0.15, 0.2) is 22.7 Å². The molecule has 0 saturated heterocycles. The quantitative estimate of drug-likeness (QED) is 0.769. The third-order valence-corrected chi connectivity index (χ3v) is 3.21. The van der Waals surface area contributed by atoms with Crippen molar-refractivity contribution < 1.29 is 4.52 Å². The maximum atomic E-state index is 5.31. The summed E-state index contributed by atoms with van der Waals surface area (Å²) in [5.41, 5.74) is 2.07. The van der Waals surface area contributed by atoms with Crippen molar-refractivity contribution in [1.29, 1.82) is 0 Å². The highest BCUT2D eigenvalue weighted by Gasteiger charge is 2.09. The predicted octanol–water partition coefficient (Wildman–Crippen LogP) is 4.37. The van der Waals surface area contributed by atoms with Crippen molar-refractivity contribution in [2.75, 3.05) is 11.9 Å². The summed E-state index contributed by atoms with van der Waals surface area (Å²) >= 11 is 0. The van der Waals surface area contributed by atoms with Crippen molar-refractivity contribution in [3.8, 4) is 0 Å². The van der Waals surface area contributed by atoms with E-state index >= 15 is 0 Å². The van der Waals surface area contributed by atoms with E-state index in [1.807, 2.05) is 12.1 Å². The van der Waals surface area contributed by atoms with E-state index in [4.69, 9.17) is 4.52 Å². The van der Waals surface area contributed by atoms with Crippen LogP contribution in [-0.4, -0.2) is 11.7 Å². The average Bonchev–Trinajstić information content (AvgIpc) is 2.73. The Balaban J connectivity index is 1.92. The van der Waals surface area contributed by atoms with Gasteiger partial charge < -0.3 is 9.84 Å². The lowest BCUT2D eigenvalue weighted by Crippen LogP contribution is -2.02. The molecule has 0 atom stereocenters. The van der Waals surface area contributed by atoms with Crippen molar-refractivity contribution in [1.82, 2.24) is 5.16 Å². The van der Waals surface area contributed by atoms with Gasteiger partial charge in [0.25, 0.3) is 0 Å². The minimum atomic E-state index is 0.792. The summed E-state index contributed by atoms with van der Waals surface area (Å²) < 4.78 is 5.31. The highest BCUT2D eigenvalue weighted by atomic mass is 16.5. The molecule has 1 aromatic carbocycles. The second kappa shape index (κ2) is 5.89. The number of aryl methyl sites for hydroxylation is 1. The van der Waals surface area contributed by atoms with Crippen molar-refractivity contribution >= 4 is 16.8 Å². The number of hydrogen-bond donors (Lipinski definition) is 1. The molecule has 0 aliphatic rings. The van der Waals surface area contributed by atoms with Gasteiger partial charge in [0.05, 0.1) is 5.39 Å². The standard InChI is InChI=1S/C15H22N2O/c1-11(2)7-4-5-10-16-15-14-12(3)8-6-9-13(14)18-17-15/h6,8-9,11H,4-5,7,10H2,1-3H3,(H,16,17). The van der Waals surface area contributed by atoms with Crippen LogP contribution in [0.4, 0.5) is 5.82 Å². The fraction of sp³-hybridized carbons (Fsp3) is 0.533. The molecule has 0 aliphatic carbocycles. The van der Waals surface area contributed by atoms with Gasteiger partial charge in [0.15, 0.2) is 11.4 Å². The predicted molar refractivity (Wildman–Crippen MR) is 75.9 cm³/mol. The Morgan fingerprint density at radius 2 is 2.11 bits per heavy atom. The zero-order valence-electron chi connectivity index (χ0n) is 11.5. The number of rotatable bonds is 6. The molecule has 0 radical (unpaired) electrons. The Hall–Kier alpha value is -1.51. The Morgan fingerprint density at radius 3 is 2.89 bits per heavy atom. The summed E-state index contributed by atoms with van der Waals surface area (Å²) in [6, 6.07) is 6.04. The maximum Gasteiger partial charge on any atom is 0.177 e. The Bertz CT molecular complexity index is 502. The van der Waals surface area contributed by atoms with E-state index in [-0.39, 0.29) is 0 Å². The molecule has 0 bridgehead atoms. The first kappa shape index (κ1) is 12.9. The summed E-state index contributed by atoms with van der Waals surface area (Å²) in [6.45, 7) is 7.58. The van der Waals surface area contributed by atoms with Crippen LogP contribution in [0.25, 0.3) is 11.0 Å². The van der Waals surface area contributed by atoms with Crippen LogP contribution in [0.1, 0.15) is 38.7 Å². The van der Waals surface area contributed by atoms with E-state index in [1.165, 1.54) is 24.8 Å². The number of aromatic nitrogens is 1. The second-order valence-corrected chi connectivity index (χ2v) is 5.30. The number of nitrogens with zero attached hydrogens (tertiary/aromatic N) is 1. The number of fused-ring (bicyclic) bond motifs is 1. The zero-order chi connectivity index (χ0) is 13.0. The smallest absolute Gasteiger partial charge is 0.177 e. The van der Waals surface area contributed by atoms with Gasteiger partial charge in [0.2, 0.25) is 0 Å². The van der Waals surface area contributed by atoms with E-state index in [0.29, 0.717) is 0 Å². The van der Waals surface area contributed by atoms with Crippen LogP contribution >= 0.6 is 0 Å². The van der Waals surface area contributed by atoms with Gasteiger partial charge >= 0.3 is 0 Å². The molecule has 0 unspecified atom stereocenters. The Kier molecular flexibility index (Phi) is 4.24.